The summed E-state index contributed by atoms with van der Waals surface area (Å²) >= 11 is 0. The molecule has 0 heterocycles. The largest absolute Gasteiger partial charge is 0.507 e. The molecule has 3 heteroatoms. The van der Waals surface area contributed by atoms with Crippen LogP contribution in [0.25, 0.3) is 11.1 Å². The molecular formula is C23H20O3. The van der Waals surface area contributed by atoms with Crippen molar-refractivity contribution in [3.8, 4) is 22.6 Å². The van der Waals surface area contributed by atoms with Gasteiger partial charge in [0.2, 0.25) is 0 Å². The van der Waals surface area contributed by atoms with Crippen LogP contribution in [0.5, 0.6) is 11.5 Å². The van der Waals surface area contributed by atoms with Crippen LogP contribution < -0.4 is 4.74 Å². The van der Waals surface area contributed by atoms with Crippen molar-refractivity contribution in [2.75, 3.05) is 6.61 Å². The van der Waals surface area contributed by atoms with Crippen LogP contribution in [-0.4, -0.2) is 17.5 Å². The van der Waals surface area contributed by atoms with E-state index in [1.165, 1.54) is 6.07 Å². The molecule has 0 unspecified atom stereocenters. The van der Waals surface area contributed by atoms with Crippen molar-refractivity contribution in [3.63, 3.8) is 0 Å². The highest BCUT2D eigenvalue weighted by Gasteiger charge is 2.14. The number of phenols is 1. The fraction of sp³-hybridized carbons (Fsp3) is 0.0870. The number of benzene rings is 3. The van der Waals surface area contributed by atoms with Crippen molar-refractivity contribution >= 4 is 5.78 Å². The molecule has 0 aromatic heterocycles. The molecule has 3 aromatic rings. The Morgan fingerprint density at radius 3 is 2.31 bits per heavy atom. The first-order chi connectivity index (χ1) is 12.7. The summed E-state index contributed by atoms with van der Waals surface area (Å²) in [6.45, 7) is 2.33. The smallest absolute Gasteiger partial charge is 0.196 e. The number of allylic oxidation sites excluding steroid dienone is 1. The SMILES string of the molecule is CC=CCOc1ccc(C(=O)c2ccc(-c3ccccc3)cc2)c(O)c1. The van der Waals surface area contributed by atoms with Crippen LogP contribution in [0, 0.1) is 0 Å². The molecule has 130 valence electrons. The van der Waals surface area contributed by atoms with Crippen LogP contribution in [0.15, 0.2) is 84.9 Å². The first-order valence-corrected chi connectivity index (χ1v) is 8.46. The third-order valence-corrected chi connectivity index (χ3v) is 4.05. The molecule has 0 amide bonds. The van der Waals surface area contributed by atoms with E-state index in [1.807, 2.05) is 61.5 Å². The standard InChI is InChI=1S/C23H20O3/c1-2-3-15-26-20-13-14-21(22(24)16-20)23(25)19-11-9-18(10-12-19)17-7-5-4-6-8-17/h2-14,16,24H,15H2,1H3. The van der Waals surface area contributed by atoms with Crippen molar-refractivity contribution < 1.29 is 14.6 Å². The maximum atomic E-state index is 12.7. The average molecular weight is 344 g/mol. The Morgan fingerprint density at radius 1 is 0.962 bits per heavy atom. The number of phenolic OH excluding ortho intramolecular Hbond substituents is 1. The molecule has 0 aliphatic carbocycles. The van der Waals surface area contributed by atoms with Crippen LogP contribution >= 0.6 is 0 Å². The normalized spacial score (nSPS) is 10.8. The number of ether oxygens (including phenoxy) is 1. The third-order valence-electron chi connectivity index (χ3n) is 4.05. The van der Waals surface area contributed by atoms with Crippen LogP contribution in [0.4, 0.5) is 0 Å². The maximum Gasteiger partial charge on any atom is 0.196 e. The Labute approximate surface area is 153 Å². The Bertz CT molecular complexity index is 910. The maximum absolute atomic E-state index is 12.7. The molecule has 0 aliphatic heterocycles. The zero-order valence-corrected chi connectivity index (χ0v) is 14.6. The van der Waals surface area contributed by atoms with Gasteiger partial charge in [-0.1, -0.05) is 66.7 Å². The summed E-state index contributed by atoms with van der Waals surface area (Å²) in [6.07, 6.45) is 3.75. The first-order valence-electron chi connectivity index (χ1n) is 8.46. The quantitative estimate of drug-likeness (QED) is 0.491. The van der Waals surface area contributed by atoms with Crippen LogP contribution in [-0.2, 0) is 0 Å². The van der Waals surface area contributed by atoms with Crippen LogP contribution in [0.3, 0.4) is 0 Å². The van der Waals surface area contributed by atoms with Gasteiger partial charge in [0.25, 0.3) is 0 Å². The molecule has 0 bridgehead atoms. The number of hydrogen-bond donors (Lipinski definition) is 1. The van der Waals surface area contributed by atoms with E-state index in [-0.39, 0.29) is 17.1 Å². The van der Waals surface area contributed by atoms with E-state index in [0.717, 1.165) is 11.1 Å². The van der Waals surface area contributed by atoms with Crippen molar-refractivity contribution in [2.24, 2.45) is 0 Å². The van der Waals surface area contributed by atoms with Gasteiger partial charge in [0.15, 0.2) is 5.78 Å². The molecule has 3 nitrogen and oxygen atoms in total. The number of hydrogen-bond acceptors (Lipinski definition) is 3. The van der Waals surface area contributed by atoms with Gasteiger partial charge in [0.05, 0.1) is 5.56 Å². The molecule has 0 saturated heterocycles. The molecule has 3 aromatic carbocycles. The summed E-state index contributed by atoms with van der Waals surface area (Å²) in [4.78, 5) is 12.7. The van der Waals surface area contributed by atoms with E-state index in [0.29, 0.717) is 17.9 Å². The van der Waals surface area contributed by atoms with E-state index in [1.54, 1.807) is 24.3 Å². The highest BCUT2D eigenvalue weighted by atomic mass is 16.5. The van der Waals surface area contributed by atoms with E-state index < -0.39 is 0 Å². The van der Waals surface area contributed by atoms with E-state index in [2.05, 4.69) is 0 Å². The minimum absolute atomic E-state index is 0.0832. The second kappa shape index (κ2) is 8.17. The van der Waals surface area contributed by atoms with Crippen LogP contribution in [0.1, 0.15) is 22.8 Å². The second-order valence-electron chi connectivity index (χ2n) is 5.83. The fourth-order valence-electron chi connectivity index (χ4n) is 2.63. The molecule has 0 saturated carbocycles. The van der Waals surface area contributed by atoms with Gasteiger partial charge < -0.3 is 9.84 Å². The van der Waals surface area contributed by atoms with E-state index >= 15 is 0 Å². The van der Waals surface area contributed by atoms with E-state index in [9.17, 15) is 9.90 Å². The van der Waals surface area contributed by atoms with Gasteiger partial charge in [0.1, 0.15) is 18.1 Å². The lowest BCUT2D eigenvalue weighted by molar-refractivity contribution is 0.103. The Balaban J connectivity index is 1.78. The fourth-order valence-corrected chi connectivity index (χ4v) is 2.63. The van der Waals surface area contributed by atoms with Gasteiger partial charge in [-0.15, -0.1) is 0 Å². The molecule has 1 N–H and O–H groups in total. The zero-order chi connectivity index (χ0) is 18.4. The van der Waals surface area contributed by atoms with Crippen molar-refractivity contribution in [1.82, 2.24) is 0 Å². The van der Waals surface area contributed by atoms with Crippen molar-refractivity contribution in [3.05, 3.63) is 96.1 Å². The number of ketones is 1. The van der Waals surface area contributed by atoms with Gasteiger partial charge in [-0.05, 0) is 30.2 Å². The van der Waals surface area contributed by atoms with Gasteiger partial charge in [-0.25, -0.2) is 0 Å². The Hall–Kier alpha value is -3.33. The zero-order valence-electron chi connectivity index (χ0n) is 14.6. The molecule has 26 heavy (non-hydrogen) atoms. The summed E-state index contributed by atoms with van der Waals surface area (Å²) in [7, 11) is 0. The minimum Gasteiger partial charge on any atom is -0.507 e. The molecular weight excluding hydrogens is 324 g/mol. The predicted octanol–water partition coefficient (Wildman–Crippen LogP) is 5.25. The van der Waals surface area contributed by atoms with Gasteiger partial charge in [-0.2, -0.15) is 0 Å². The summed E-state index contributed by atoms with van der Waals surface area (Å²) in [5.41, 5.74) is 2.93. The summed E-state index contributed by atoms with van der Waals surface area (Å²) in [6, 6.07) is 22.1. The highest BCUT2D eigenvalue weighted by molar-refractivity contribution is 6.10. The first kappa shape index (κ1) is 17.5. The van der Waals surface area contributed by atoms with Gasteiger partial charge in [-0.3, -0.25) is 4.79 Å². The molecule has 0 fully saturated rings. The molecule has 0 spiro atoms. The number of aromatic hydroxyl groups is 1. The Kier molecular flexibility index (Phi) is 5.49. The monoisotopic (exact) mass is 344 g/mol. The predicted molar refractivity (Wildman–Crippen MR) is 104 cm³/mol. The summed E-state index contributed by atoms with van der Waals surface area (Å²) in [5, 5.41) is 10.2. The number of rotatable bonds is 6. The lowest BCUT2D eigenvalue weighted by Crippen LogP contribution is -2.02. The van der Waals surface area contributed by atoms with Crippen LogP contribution in [0.2, 0.25) is 0 Å². The summed E-state index contributed by atoms with van der Waals surface area (Å²) in [5.74, 6) is 0.221. The molecule has 0 atom stereocenters. The molecule has 3 rings (SSSR count). The molecule has 0 radical (unpaired) electrons. The third kappa shape index (κ3) is 4.01. The highest BCUT2D eigenvalue weighted by Crippen LogP contribution is 2.27. The van der Waals surface area contributed by atoms with Crippen molar-refractivity contribution in [1.29, 1.82) is 0 Å². The topological polar surface area (TPSA) is 46.5 Å². The van der Waals surface area contributed by atoms with Gasteiger partial charge in [0, 0.05) is 11.6 Å². The average Bonchev–Trinajstić information content (AvgIpc) is 2.69. The number of carbonyl (C=O) groups excluding carboxylic acids is 1. The molecule has 0 aliphatic rings. The minimum atomic E-state index is -0.220. The lowest BCUT2D eigenvalue weighted by atomic mass is 9.99. The number of carbonyl (C=O) groups is 1. The van der Waals surface area contributed by atoms with Crippen molar-refractivity contribution in [2.45, 2.75) is 6.92 Å². The lowest BCUT2D eigenvalue weighted by Gasteiger charge is -2.08. The second-order valence-corrected chi connectivity index (χ2v) is 5.83. The van der Waals surface area contributed by atoms with E-state index in [4.69, 9.17) is 4.74 Å². The Morgan fingerprint density at radius 2 is 1.65 bits per heavy atom. The summed E-state index contributed by atoms with van der Waals surface area (Å²) < 4.78 is 5.47. The van der Waals surface area contributed by atoms with Gasteiger partial charge >= 0.3 is 0 Å².